The molecule has 0 spiro atoms. The van der Waals surface area contributed by atoms with E-state index in [0.29, 0.717) is 0 Å². The maximum Gasteiger partial charge on any atom is -0.00457 e. The van der Waals surface area contributed by atoms with Crippen molar-refractivity contribution in [1.29, 1.82) is 0 Å². The molecule has 0 aromatic heterocycles. The lowest BCUT2D eigenvalue weighted by molar-refractivity contribution is 0.819. The average molecular weight is 365 g/mol. The van der Waals surface area contributed by atoms with Gasteiger partial charge < -0.3 is 0 Å². The molecule has 0 heterocycles. The molecule has 101 valence electrons. The summed E-state index contributed by atoms with van der Waals surface area (Å²) in [4.78, 5) is 0. The summed E-state index contributed by atoms with van der Waals surface area (Å²) in [5.74, 6) is 0. The molecule has 0 bridgehead atoms. The second-order valence-electron chi connectivity index (χ2n) is 5.19. The number of benzene rings is 1. The van der Waals surface area contributed by atoms with E-state index in [1.807, 2.05) is 0 Å². The van der Waals surface area contributed by atoms with Crippen molar-refractivity contribution < 1.29 is 0 Å². The highest BCUT2D eigenvalue weighted by atomic mass is 127. The molecule has 1 aromatic carbocycles. The Labute approximate surface area is 132 Å². The number of allylic oxidation sites excluding steroid dienone is 1. The first kappa shape index (κ1) is 16.7. The molecule has 0 aliphatic rings. The molecule has 0 aliphatic heterocycles. The van der Waals surface area contributed by atoms with Crippen LogP contribution in [0.4, 0.5) is 0 Å². The first-order valence-corrected chi connectivity index (χ1v) is 7.67. The Hall–Kier alpha value is -0.310. The second kappa shape index (κ2) is 6.92. The molecule has 19 heavy (non-hydrogen) atoms. The second-order valence-corrected chi connectivity index (χ2v) is 5.81. The molecule has 5 radical (unpaired) electrons. The predicted molar refractivity (Wildman–Crippen MR) is 94.6 cm³/mol. The molecule has 0 amide bonds. The lowest BCUT2D eigenvalue weighted by Gasteiger charge is -2.23. The van der Waals surface area contributed by atoms with Crippen molar-refractivity contribution in [3.05, 3.63) is 73.1 Å². The lowest BCUT2D eigenvalue weighted by atomic mass is 9.82. The van der Waals surface area contributed by atoms with E-state index in [2.05, 4.69) is 80.3 Å². The van der Waals surface area contributed by atoms with Crippen LogP contribution in [0.2, 0.25) is 0 Å². The Morgan fingerprint density at radius 1 is 1.32 bits per heavy atom. The van der Waals surface area contributed by atoms with Crippen molar-refractivity contribution in [2.75, 3.05) is 0 Å². The number of halogens is 1. The van der Waals surface area contributed by atoms with Crippen LogP contribution in [0, 0.1) is 34.6 Å². The van der Waals surface area contributed by atoms with Crippen molar-refractivity contribution in [3.63, 3.8) is 0 Å². The Kier molecular flexibility index (Phi) is 6.10. The van der Waals surface area contributed by atoms with E-state index < -0.39 is 5.41 Å². The third-order valence-electron chi connectivity index (χ3n) is 3.22. The van der Waals surface area contributed by atoms with E-state index in [9.17, 15) is 0 Å². The van der Waals surface area contributed by atoms with Gasteiger partial charge in [-0.25, -0.2) is 0 Å². The summed E-state index contributed by atoms with van der Waals surface area (Å²) in [6.07, 6.45) is 3.03. The van der Waals surface area contributed by atoms with Crippen LogP contribution in [-0.2, 0) is 11.8 Å². The van der Waals surface area contributed by atoms with Gasteiger partial charge >= 0.3 is 0 Å². The van der Waals surface area contributed by atoms with Crippen LogP contribution < -0.4 is 0 Å². The number of rotatable bonds is 5. The van der Waals surface area contributed by atoms with E-state index in [-0.39, 0.29) is 0 Å². The first-order chi connectivity index (χ1) is 8.81. The van der Waals surface area contributed by atoms with Gasteiger partial charge in [-0.15, -0.1) is 0 Å². The van der Waals surface area contributed by atoms with Crippen LogP contribution in [0.3, 0.4) is 0 Å². The molecule has 0 fully saturated rings. The molecule has 0 aliphatic carbocycles. The van der Waals surface area contributed by atoms with Crippen LogP contribution in [0.25, 0.3) is 5.57 Å². The molecule has 1 heteroatoms. The van der Waals surface area contributed by atoms with Gasteiger partial charge in [-0.1, -0.05) is 48.1 Å². The van der Waals surface area contributed by atoms with Crippen molar-refractivity contribution in [1.82, 2.24) is 0 Å². The highest BCUT2D eigenvalue weighted by molar-refractivity contribution is 14.1. The highest BCUT2D eigenvalue weighted by Gasteiger charge is 2.18. The normalized spacial score (nSPS) is 12.9. The molecule has 0 saturated heterocycles. The zero-order valence-corrected chi connectivity index (χ0v) is 13.9. The van der Waals surface area contributed by atoms with E-state index in [1.54, 1.807) is 0 Å². The predicted octanol–water partition coefficient (Wildman–Crippen LogP) is 5.56. The molecule has 0 unspecified atom stereocenters. The van der Waals surface area contributed by atoms with E-state index >= 15 is 0 Å². The van der Waals surface area contributed by atoms with E-state index in [0.717, 1.165) is 30.4 Å². The maximum atomic E-state index is 4.19. The highest BCUT2D eigenvalue weighted by Crippen LogP contribution is 2.31. The minimum absolute atomic E-state index is 0.586. The summed E-state index contributed by atoms with van der Waals surface area (Å²) in [5, 5.41) is 0. The van der Waals surface area contributed by atoms with Crippen LogP contribution in [-0.4, -0.2) is 0 Å². The van der Waals surface area contributed by atoms with Crippen LogP contribution in [0.15, 0.2) is 16.2 Å². The van der Waals surface area contributed by atoms with Crippen molar-refractivity contribution in [2.45, 2.75) is 31.6 Å². The fraction of sp³-hybridized carbons (Fsp3) is 0.278. The Morgan fingerprint density at radius 3 is 2.42 bits per heavy atom. The summed E-state index contributed by atoms with van der Waals surface area (Å²) >= 11 is 2.27. The third-order valence-corrected chi connectivity index (χ3v) is 4.15. The number of hydrogen-bond acceptors (Lipinski definition) is 0. The molecule has 0 saturated carbocycles. The molecule has 1 aromatic rings. The number of hydrogen-bond donors (Lipinski definition) is 0. The summed E-state index contributed by atoms with van der Waals surface area (Å²) in [5.41, 5.74) is 5.29. The van der Waals surface area contributed by atoms with Gasteiger partial charge in [0.15, 0.2) is 0 Å². The van der Waals surface area contributed by atoms with Crippen LogP contribution >= 0.6 is 22.6 Å². The van der Waals surface area contributed by atoms with Gasteiger partial charge in [0.05, 0.1) is 0 Å². The molecular formula is C18H22I. The molecule has 1 rings (SSSR count). The Bertz CT molecular complexity index is 461. The van der Waals surface area contributed by atoms with E-state index in [4.69, 9.17) is 0 Å². The van der Waals surface area contributed by atoms with Gasteiger partial charge in [0, 0.05) is 0 Å². The molecule has 0 nitrogen and oxygen atoms in total. The largest absolute Gasteiger partial charge is 0.0549 e. The zero-order chi connectivity index (χ0) is 14.6. The minimum Gasteiger partial charge on any atom is -0.0549 e. The Balaban J connectivity index is 3.39. The maximum absolute atomic E-state index is 4.19. The summed E-state index contributed by atoms with van der Waals surface area (Å²) in [6.45, 7) is 22.3. The first-order valence-electron chi connectivity index (χ1n) is 6.43. The van der Waals surface area contributed by atoms with Gasteiger partial charge in [-0.3, -0.25) is 0 Å². The van der Waals surface area contributed by atoms with Gasteiger partial charge in [-0.2, -0.15) is 0 Å². The topological polar surface area (TPSA) is 0 Å². The van der Waals surface area contributed by atoms with Crippen molar-refractivity contribution in [3.8, 4) is 0 Å². The number of unbranched alkanes of at least 4 members (excludes halogenated alkanes) is 1. The Morgan fingerprint density at radius 2 is 1.95 bits per heavy atom. The van der Waals surface area contributed by atoms with Gasteiger partial charge in [0.2, 0.25) is 0 Å². The monoisotopic (exact) mass is 365 g/mol. The van der Waals surface area contributed by atoms with Gasteiger partial charge in [-0.05, 0) is 84.8 Å². The summed E-state index contributed by atoms with van der Waals surface area (Å²) in [7, 11) is 0. The fourth-order valence-corrected chi connectivity index (χ4v) is 2.38. The van der Waals surface area contributed by atoms with Gasteiger partial charge in [0.1, 0.15) is 0 Å². The zero-order valence-electron chi connectivity index (χ0n) is 11.8. The molecular weight excluding hydrogens is 343 g/mol. The van der Waals surface area contributed by atoms with Crippen molar-refractivity contribution >= 4 is 28.2 Å². The quantitative estimate of drug-likeness (QED) is 0.599. The average Bonchev–Trinajstić information content (AvgIpc) is 2.34. The summed E-state index contributed by atoms with van der Waals surface area (Å²) in [6, 6.07) is 4.22. The SMILES string of the molecule is [CH2]CCCc1c([CH2])cc(C([CH2])([CH2])[CH2])cc1/C(C)=C/I. The van der Waals surface area contributed by atoms with Crippen molar-refractivity contribution in [2.24, 2.45) is 0 Å². The minimum atomic E-state index is -0.586. The lowest BCUT2D eigenvalue weighted by Crippen LogP contribution is -2.14. The standard InChI is InChI=1S/C18H22I/c1-7-8-9-16-13(2)10-15(18(4,5)6)11-17(16)14(3)12-19/h10-12H,1-2,4-9H2,3H3/b14-12+. The van der Waals surface area contributed by atoms with E-state index in [1.165, 1.54) is 16.7 Å². The van der Waals surface area contributed by atoms with Gasteiger partial charge in [0.25, 0.3) is 0 Å². The molecule has 0 atom stereocenters. The molecule has 0 N–H and O–H groups in total. The van der Waals surface area contributed by atoms with Crippen LogP contribution in [0.1, 0.15) is 42.0 Å². The smallest absolute Gasteiger partial charge is 0.00457 e. The fourth-order valence-electron chi connectivity index (χ4n) is 2.05. The summed E-state index contributed by atoms with van der Waals surface area (Å²) < 4.78 is 2.10. The van der Waals surface area contributed by atoms with Crippen LogP contribution in [0.5, 0.6) is 0 Å². The third kappa shape index (κ3) is 4.34.